The van der Waals surface area contributed by atoms with E-state index in [0.717, 1.165) is 44.9 Å². The van der Waals surface area contributed by atoms with Gasteiger partial charge in [0.05, 0.1) is 6.04 Å². The molecule has 1 aliphatic heterocycles. The van der Waals surface area contributed by atoms with Crippen LogP contribution in [0.1, 0.15) is 11.8 Å². The lowest BCUT2D eigenvalue weighted by Gasteiger charge is -2.37. The van der Waals surface area contributed by atoms with Gasteiger partial charge in [-0.15, -0.1) is 11.3 Å². The number of benzene rings is 1. The topological polar surface area (TPSA) is 44.8 Å². The van der Waals surface area contributed by atoms with Gasteiger partial charge in [-0.25, -0.2) is 0 Å². The van der Waals surface area contributed by atoms with Crippen molar-refractivity contribution in [3.8, 4) is 5.75 Å². The lowest BCUT2D eigenvalue weighted by molar-refractivity contribution is -0.126. The maximum Gasteiger partial charge on any atom is 0.237 e. The number of thiophene rings is 1. The molecule has 0 unspecified atom stereocenters. The third-order valence-electron chi connectivity index (χ3n) is 5.00. The molecule has 1 aromatic heterocycles. The van der Waals surface area contributed by atoms with Crippen LogP contribution in [0, 0.1) is 0 Å². The van der Waals surface area contributed by atoms with E-state index in [1.165, 1.54) is 4.88 Å². The number of hydrogen-bond donors (Lipinski definition) is 1. The van der Waals surface area contributed by atoms with Gasteiger partial charge in [0.25, 0.3) is 0 Å². The summed E-state index contributed by atoms with van der Waals surface area (Å²) in [5, 5.41) is 5.15. The molecule has 1 fully saturated rings. The summed E-state index contributed by atoms with van der Waals surface area (Å²) >= 11 is 1.74. The molecule has 0 radical (unpaired) electrons. The standard InChI is InChI=1S/C21H29N3O2S/c1-18(21(25)22-10-9-20-8-5-17-27-20)24-13-11-23(12-14-24)15-16-26-19-6-3-2-4-7-19/h2-8,17-18H,9-16H2,1H3,(H,22,25)/t18-/m0/s1. The number of nitrogens with one attached hydrogen (secondary N) is 1. The summed E-state index contributed by atoms with van der Waals surface area (Å²) in [6, 6.07) is 14.0. The Labute approximate surface area is 165 Å². The second-order valence-electron chi connectivity index (χ2n) is 6.84. The zero-order valence-corrected chi connectivity index (χ0v) is 16.8. The van der Waals surface area contributed by atoms with Crippen molar-refractivity contribution in [2.75, 3.05) is 45.9 Å². The lowest BCUT2D eigenvalue weighted by atomic mass is 10.2. The van der Waals surface area contributed by atoms with Crippen molar-refractivity contribution in [1.82, 2.24) is 15.1 Å². The summed E-state index contributed by atoms with van der Waals surface area (Å²) < 4.78 is 5.78. The Kier molecular flexibility index (Phi) is 7.68. The molecule has 0 spiro atoms. The fraction of sp³-hybridized carbons (Fsp3) is 0.476. The first kappa shape index (κ1) is 19.9. The number of nitrogens with zero attached hydrogens (tertiary/aromatic N) is 2. The molecule has 0 bridgehead atoms. The zero-order chi connectivity index (χ0) is 18.9. The maximum absolute atomic E-state index is 12.4. The van der Waals surface area contributed by atoms with Gasteiger partial charge in [-0.3, -0.25) is 14.6 Å². The van der Waals surface area contributed by atoms with Crippen LogP contribution in [0.3, 0.4) is 0 Å². The minimum Gasteiger partial charge on any atom is -0.492 e. The molecule has 3 rings (SSSR count). The Morgan fingerprint density at radius 1 is 1.15 bits per heavy atom. The first-order valence-corrected chi connectivity index (χ1v) is 10.5. The third kappa shape index (κ3) is 6.34. The predicted octanol–water partition coefficient (Wildman–Crippen LogP) is 2.49. The van der Waals surface area contributed by atoms with Crippen LogP contribution in [0.4, 0.5) is 0 Å². The summed E-state index contributed by atoms with van der Waals surface area (Å²) in [4.78, 5) is 18.4. The number of para-hydroxylation sites is 1. The van der Waals surface area contributed by atoms with Gasteiger partial charge >= 0.3 is 0 Å². The summed E-state index contributed by atoms with van der Waals surface area (Å²) in [5.74, 6) is 1.05. The number of piperazine rings is 1. The van der Waals surface area contributed by atoms with E-state index in [1.807, 2.05) is 37.3 Å². The normalized spacial score (nSPS) is 16.8. The molecule has 0 saturated carbocycles. The zero-order valence-electron chi connectivity index (χ0n) is 16.0. The number of rotatable bonds is 9. The van der Waals surface area contributed by atoms with Gasteiger partial charge in [0.1, 0.15) is 12.4 Å². The van der Waals surface area contributed by atoms with Crippen molar-refractivity contribution in [1.29, 1.82) is 0 Å². The average Bonchev–Trinajstić information content (AvgIpc) is 3.22. The average molecular weight is 388 g/mol. The van der Waals surface area contributed by atoms with Gasteiger partial charge in [-0.05, 0) is 36.9 Å². The second kappa shape index (κ2) is 10.4. The number of amides is 1. The molecule has 2 aromatic rings. The van der Waals surface area contributed by atoms with E-state index < -0.39 is 0 Å². The SMILES string of the molecule is C[C@@H](C(=O)NCCc1cccs1)N1CCN(CCOc2ccccc2)CC1. The van der Waals surface area contributed by atoms with Crippen LogP contribution in [0.5, 0.6) is 5.75 Å². The van der Waals surface area contributed by atoms with Crippen molar-refractivity contribution in [3.05, 3.63) is 52.7 Å². The third-order valence-corrected chi connectivity index (χ3v) is 5.94. The maximum atomic E-state index is 12.4. The molecule has 146 valence electrons. The van der Waals surface area contributed by atoms with E-state index in [9.17, 15) is 4.79 Å². The van der Waals surface area contributed by atoms with Gasteiger partial charge in [0.15, 0.2) is 0 Å². The first-order valence-electron chi connectivity index (χ1n) is 9.67. The van der Waals surface area contributed by atoms with E-state index in [1.54, 1.807) is 11.3 Å². The number of ether oxygens (including phenoxy) is 1. The first-order chi connectivity index (χ1) is 13.2. The summed E-state index contributed by atoms with van der Waals surface area (Å²) in [7, 11) is 0. The highest BCUT2D eigenvalue weighted by molar-refractivity contribution is 7.09. The molecule has 6 heteroatoms. The molecular formula is C21H29N3O2S. The van der Waals surface area contributed by atoms with Crippen LogP contribution in [0.25, 0.3) is 0 Å². The molecule has 1 N–H and O–H groups in total. The van der Waals surface area contributed by atoms with Crippen LogP contribution in [0.15, 0.2) is 47.8 Å². The Hall–Kier alpha value is -1.89. The van der Waals surface area contributed by atoms with E-state index in [0.29, 0.717) is 13.2 Å². The fourth-order valence-electron chi connectivity index (χ4n) is 3.26. The molecule has 2 heterocycles. The Balaban J connectivity index is 1.31. The number of hydrogen-bond acceptors (Lipinski definition) is 5. The van der Waals surface area contributed by atoms with Crippen LogP contribution < -0.4 is 10.1 Å². The molecule has 1 aliphatic rings. The number of carbonyl (C=O) groups excluding carboxylic acids is 1. The van der Waals surface area contributed by atoms with Crippen LogP contribution >= 0.6 is 11.3 Å². The number of carbonyl (C=O) groups is 1. The fourth-order valence-corrected chi connectivity index (χ4v) is 3.97. The molecule has 0 aliphatic carbocycles. The van der Waals surface area contributed by atoms with E-state index >= 15 is 0 Å². The van der Waals surface area contributed by atoms with Crippen molar-refractivity contribution in [2.24, 2.45) is 0 Å². The van der Waals surface area contributed by atoms with E-state index in [4.69, 9.17) is 4.74 Å². The van der Waals surface area contributed by atoms with Crippen molar-refractivity contribution < 1.29 is 9.53 Å². The highest BCUT2D eigenvalue weighted by Crippen LogP contribution is 2.10. The second-order valence-corrected chi connectivity index (χ2v) is 7.87. The van der Waals surface area contributed by atoms with Crippen molar-refractivity contribution in [3.63, 3.8) is 0 Å². The Morgan fingerprint density at radius 2 is 1.93 bits per heavy atom. The van der Waals surface area contributed by atoms with Gasteiger partial charge < -0.3 is 10.1 Å². The highest BCUT2D eigenvalue weighted by atomic mass is 32.1. The largest absolute Gasteiger partial charge is 0.492 e. The van der Waals surface area contributed by atoms with Crippen LogP contribution in [-0.2, 0) is 11.2 Å². The van der Waals surface area contributed by atoms with E-state index in [2.05, 4.69) is 32.6 Å². The van der Waals surface area contributed by atoms with Crippen LogP contribution in [0.2, 0.25) is 0 Å². The molecular weight excluding hydrogens is 358 g/mol. The van der Waals surface area contributed by atoms with Crippen molar-refractivity contribution in [2.45, 2.75) is 19.4 Å². The summed E-state index contributed by atoms with van der Waals surface area (Å²) in [6.07, 6.45) is 0.908. The van der Waals surface area contributed by atoms with Crippen LogP contribution in [-0.4, -0.2) is 67.6 Å². The van der Waals surface area contributed by atoms with Gasteiger partial charge in [-0.2, -0.15) is 0 Å². The molecule has 1 aromatic carbocycles. The Morgan fingerprint density at radius 3 is 2.63 bits per heavy atom. The van der Waals surface area contributed by atoms with E-state index in [-0.39, 0.29) is 11.9 Å². The molecule has 5 nitrogen and oxygen atoms in total. The summed E-state index contributed by atoms with van der Waals surface area (Å²) in [6.45, 7) is 8.13. The summed E-state index contributed by atoms with van der Waals surface area (Å²) in [5.41, 5.74) is 0. The molecule has 1 amide bonds. The van der Waals surface area contributed by atoms with Gasteiger partial charge in [0.2, 0.25) is 5.91 Å². The minimum atomic E-state index is -0.0731. The molecule has 27 heavy (non-hydrogen) atoms. The minimum absolute atomic E-state index is 0.0731. The van der Waals surface area contributed by atoms with Gasteiger partial charge in [0, 0.05) is 44.1 Å². The lowest BCUT2D eigenvalue weighted by Crippen LogP contribution is -2.54. The molecule has 1 saturated heterocycles. The smallest absolute Gasteiger partial charge is 0.237 e. The highest BCUT2D eigenvalue weighted by Gasteiger charge is 2.25. The Bertz CT molecular complexity index is 670. The monoisotopic (exact) mass is 387 g/mol. The predicted molar refractivity (Wildman–Crippen MR) is 110 cm³/mol. The quantitative estimate of drug-likeness (QED) is 0.718. The van der Waals surface area contributed by atoms with Gasteiger partial charge in [-0.1, -0.05) is 24.3 Å². The molecule has 1 atom stereocenters. The van der Waals surface area contributed by atoms with Crippen molar-refractivity contribution >= 4 is 17.2 Å².